The van der Waals surface area contributed by atoms with Gasteiger partial charge in [-0.25, -0.2) is 15.0 Å². The van der Waals surface area contributed by atoms with Crippen LogP contribution >= 0.6 is 0 Å². The summed E-state index contributed by atoms with van der Waals surface area (Å²) in [6, 6.07) is 95.3. The van der Waals surface area contributed by atoms with Crippen molar-refractivity contribution in [3.8, 4) is 84.4 Å². The molecule has 6 nitrogen and oxygen atoms in total. The Morgan fingerprint density at radius 3 is 1.04 bits per heavy atom. The van der Waals surface area contributed by atoms with Crippen molar-refractivity contribution in [2.75, 3.05) is 0 Å². The van der Waals surface area contributed by atoms with E-state index >= 15 is 0 Å². The normalized spacial score (nSPS) is 11.7. The first-order valence-electron chi connectivity index (χ1n) is 27.4. The zero-order chi connectivity index (χ0) is 53.4. The van der Waals surface area contributed by atoms with Crippen LogP contribution in [0.3, 0.4) is 0 Å². The van der Waals surface area contributed by atoms with E-state index < -0.39 is 0 Å². The van der Waals surface area contributed by atoms with E-state index in [4.69, 9.17) is 24.9 Å². The van der Waals surface area contributed by atoms with Crippen molar-refractivity contribution in [3.63, 3.8) is 0 Å². The Kier molecular flexibility index (Phi) is 10.8. The molecule has 0 bridgehead atoms. The number of hydrogen-bond acceptors (Lipinski definition) is 5. The number of nitrogens with zero attached hydrogens (tertiary/aromatic N) is 6. The molecule has 0 aliphatic carbocycles. The van der Waals surface area contributed by atoms with E-state index in [1.165, 1.54) is 0 Å². The average molecular weight is 1030 g/mol. The summed E-state index contributed by atoms with van der Waals surface area (Å²) in [5.41, 5.74) is 17.2. The minimum Gasteiger partial charge on any atom is -0.292 e. The molecule has 5 aromatic heterocycles. The van der Waals surface area contributed by atoms with Crippen molar-refractivity contribution in [1.82, 2.24) is 29.5 Å². The van der Waals surface area contributed by atoms with Crippen LogP contribution in [-0.2, 0) is 0 Å². The van der Waals surface area contributed by atoms with E-state index in [0.717, 1.165) is 160 Å². The quantitative estimate of drug-likeness (QED) is 0.142. The number of fused-ring (bicyclic) bond motifs is 10. The number of hydrogen-bond donors (Lipinski definition) is 0. The molecule has 16 rings (SSSR count). The number of aromatic nitrogens is 6. The molecule has 0 radical (unpaired) electrons. The van der Waals surface area contributed by atoms with Crippen LogP contribution in [-0.4, -0.2) is 29.5 Å². The van der Waals surface area contributed by atoms with E-state index in [0.29, 0.717) is 0 Å². The molecule has 16 aromatic rings. The molecule has 5 heterocycles. The van der Waals surface area contributed by atoms with Crippen molar-refractivity contribution in [2.24, 2.45) is 0 Å². The molecule has 0 aliphatic heterocycles. The summed E-state index contributed by atoms with van der Waals surface area (Å²) in [6.07, 6.45) is 3.69. The van der Waals surface area contributed by atoms with Gasteiger partial charge in [0.05, 0.1) is 44.8 Å². The van der Waals surface area contributed by atoms with Crippen LogP contribution in [0.2, 0.25) is 0 Å². The van der Waals surface area contributed by atoms with Crippen molar-refractivity contribution in [1.29, 1.82) is 0 Å². The maximum Gasteiger partial charge on any atom is 0.145 e. The predicted molar refractivity (Wildman–Crippen MR) is 335 cm³/mol. The van der Waals surface area contributed by atoms with Crippen molar-refractivity contribution in [3.05, 3.63) is 279 Å². The van der Waals surface area contributed by atoms with Crippen LogP contribution in [0.4, 0.5) is 0 Å². The third kappa shape index (κ3) is 7.83. The summed E-state index contributed by atoms with van der Waals surface area (Å²) in [6.45, 7) is 0. The zero-order valence-electron chi connectivity index (χ0n) is 43.7. The van der Waals surface area contributed by atoms with Crippen LogP contribution in [0.15, 0.2) is 279 Å². The van der Waals surface area contributed by atoms with E-state index in [-0.39, 0.29) is 0 Å². The molecule has 0 N–H and O–H groups in total. The van der Waals surface area contributed by atoms with E-state index in [2.05, 4.69) is 259 Å². The predicted octanol–water partition coefficient (Wildman–Crippen LogP) is 19.2. The van der Waals surface area contributed by atoms with Gasteiger partial charge in [0.2, 0.25) is 0 Å². The average Bonchev–Trinajstić information content (AvgIpc) is 4.15. The molecule has 6 heteroatoms. The summed E-state index contributed by atoms with van der Waals surface area (Å²) in [5.74, 6) is 0.788. The fourth-order valence-corrected chi connectivity index (χ4v) is 12.3. The van der Waals surface area contributed by atoms with Crippen molar-refractivity contribution in [2.45, 2.75) is 0 Å². The molecule has 81 heavy (non-hydrogen) atoms. The lowest BCUT2D eigenvalue weighted by Crippen LogP contribution is -1.99. The highest BCUT2D eigenvalue weighted by Crippen LogP contribution is 2.44. The first-order valence-corrected chi connectivity index (χ1v) is 27.4. The molecule has 0 amide bonds. The van der Waals surface area contributed by atoms with Gasteiger partial charge in [-0.1, -0.05) is 188 Å². The highest BCUT2D eigenvalue weighted by atomic mass is 15.1. The summed E-state index contributed by atoms with van der Waals surface area (Å²) in [7, 11) is 0. The third-order valence-electron chi connectivity index (χ3n) is 16.0. The van der Waals surface area contributed by atoms with Crippen LogP contribution < -0.4 is 0 Å². The Morgan fingerprint density at radius 1 is 0.247 bits per heavy atom. The lowest BCUT2D eigenvalue weighted by Gasteiger charge is -2.17. The van der Waals surface area contributed by atoms with Gasteiger partial charge in [0.1, 0.15) is 5.82 Å². The van der Waals surface area contributed by atoms with Gasteiger partial charge in [0.15, 0.2) is 0 Å². The molecule has 0 fully saturated rings. The molecule has 0 atom stereocenters. The summed E-state index contributed by atoms with van der Waals surface area (Å²) < 4.78 is 2.32. The summed E-state index contributed by atoms with van der Waals surface area (Å²) >= 11 is 0. The van der Waals surface area contributed by atoms with Gasteiger partial charge in [-0.3, -0.25) is 14.5 Å². The van der Waals surface area contributed by atoms with E-state index in [1.807, 2.05) is 24.5 Å². The molecule has 0 unspecified atom stereocenters. The molecule has 11 aromatic carbocycles. The lowest BCUT2D eigenvalue weighted by atomic mass is 9.91. The molecule has 0 saturated carbocycles. The van der Waals surface area contributed by atoms with Gasteiger partial charge < -0.3 is 0 Å². The van der Waals surface area contributed by atoms with Gasteiger partial charge >= 0.3 is 0 Å². The Labute approximate surface area is 466 Å². The number of para-hydroxylation sites is 1. The Balaban J connectivity index is 1.03. The summed E-state index contributed by atoms with van der Waals surface area (Å²) in [5, 5.41) is 11.1. The third-order valence-corrected chi connectivity index (χ3v) is 16.0. The number of benzene rings is 11. The van der Waals surface area contributed by atoms with Crippen LogP contribution in [0.25, 0.3) is 160 Å². The van der Waals surface area contributed by atoms with Gasteiger partial charge in [-0.2, -0.15) is 0 Å². The second-order valence-corrected chi connectivity index (χ2v) is 20.8. The first-order chi connectivity index (χ1) is 40.1. The number of pyridine rings is 4. The standard InChI is InChI=1S/C75H46N6/c1-2-26-56(27-3-1)81-74-66-37-17-39-77-72(66)71-65(36-16-38-76-71)73(74)80-75(81)55-41-51(53-43-67(61-32-12-22-47-18-4-8-28-57(47)61)78-68(44-53)62-33-13-23-48-19-5-9-29-58(48)62)40-52(42-55)54-45-69(63-34-14-24-49-20-6-10-30-59(49)63)79-70(46-54)64-35-15-25-50-21-7-11-31-60(50)64/h1-46H. The highest BCUT2D eigenvalue weighted by Gasteiger charge is 2.24. The smallest absolute Gasteiger partial charge is 0.145 e. The Hall–Kier alpha value is -11.0. The fraction of sp³-hybridized carbons (Fsp3) is 0. The molecule has 0 saturated heterocycles. The number of imidazole rings is 1. The van der Waals surface area contributed by atoms with Crippen molar-refractivity contribution < 1.29 is 0 Å². The number of rotatable bonds is 8. The van der Waals surface area contributed by atoms with Gasteiger partial charge in [0.25, 0.3) is 0 Å². The molecule has 0 spiro atoms. The second kappa shape index (κ2) is 18.9. The van der Waals surface area contributed by atoms with Gasteiger partial charge in [-0.15, -0.1) is 0 Å². The molecule has 376 valence electrons. The first kappa shape index (κ1) is 46.2. The van der Waals surface area contributed by atoms with Crippen molar-refractivity contribution >= 4 is 75.9 Å². The van der Waals surface area contributed by atoms with E-state index in [1.54, 1.807) is 0 Å². The second-order valence-electron chi connectivity index (χ2n) is 20.8. The largest absolute Gasteiger partial charge is 0.292 e. The molecular weight excluding hydrogens is 985 g/mol. The monoisotopic (exact) mass is 1030 g/mol. The fourth-order valence-electron chi connectivity index (χ4n) is 12.3. The SMILES string of the molecule is c1ccc(-n2c(-c3cc(-c4cc(-c5cccc6ccccc56)nc(-c5cccc6ccccc56)c4)cc(-c4cc(-c5cccc6ccccc56)nc(-c5cccc6ccccc56)c4)c3)nc3c4cccnc4c4ncccc4c32)cc1. The van der Waals surface area contributed by atoms with Crippen LogP contribution in [0, 0.1) is 0 Å². The Morgan fingerprint density at radius 2 is 0.593 bits per heavy atom. The summed E-state index contributed by atoms with van der Waals surface area (Å²) in [4.78, 5) is 26.9. The maximum absolute atomic E-state index is 5.77. The van der Waals surface area contributed by atoms with E-state index in [9.17, 15) is 0 Å². The van der Waals surface area contributed by atoms with Gasteiger partial charge in [0, 0.05) is 56.7 Å². The molecule has 0 aliphatic rings. The molecular formula is C75H46N6. The zero-order valence-corrected chi connectivity index (χ0v) is 43.7. The lowest BCUT2D eigenvalue weighted by molar-refractivity contribution is 1.11. The Bertz CT molecular complexity index is 4760. The minimum atomic E-state index is 0.788. The van der Waals surface area contributed by atoms with Gasteiger partial charge in [-0.05, 0) is 144 Å². The highest BCUT2D eigenvalue weighted by molar-refractivity contribution is 6.22. The minimum absolute atomic E-state index is 0.788. The van der Waals surface area contributed by atoms with Crippen LogP contribution in [0.5, 0.6) is 0 Å². The maximum atomic E-state index is 5.77. The topological polar surface area (TPSA) is 69.4 Å². The van der Waals surface area contributed by atoms with Crippen LogP contribution in [0.1, 0.15) is 0 Å².